The summed E-state index contributed by atoms with van der Waals surface area (Å²) < 4.78 is 1.67. The Kier molecular flexibility index (Phi) is 5.56. The minimum Gasteiger partial charge on any atom is -0.326 e. The van der Waals surface area contributed by atoms with Gasteiger partial charge in [-0.1, -0.05) is 72.3 Å². The number of hydrogen-bond acceptors (Lipinski definition) is 3. The lowest BCUT2D eigenvalue weighted by molar-refractivity contribution is 0.737. The molecule has 0 spiro atoms. The van der Waals surface area contributed by atoms with Crippen LogP contribution in [0.3, 0.4) is 0 Å². The third-order valence-corrected chi connectivity index (χ3v) is 4.97. The molecule has 0 radical (unpaired) electrons. The molecule has 2 N–H and O–H groups in total. The zero-order chi connectivity index (χ0) is 20.2. The molecule has 4 nitrogen and oxygen atoms in total. The summed E-state index contributed by atoms with van der Waals surface area (Å²) in [6.45, 7) is 0.853. The summed E-state index contributed by atoms with van der Waals surface area (Å²) in [7, 11) is 0. The molecule has 144 valence electrons. The highest BCUT2D eigenvalue weighted by atomic mass is 35.5. The molecule has 29 heavy (non-hydrogen) atoms. The highest BCUT2D eigenvalue weighted by molar-refractivity contribution is 6.31. The fourth-order valence-electron chi connectivity index (χ4n) is 3.26. The third-order valence-electron chi connectivity index (χ3n) is 4.74. The van der Waals surface area contributed by atoms with Crippen molar-refractivity contribution in [3.8, 4) is 0 Å². The number of rotatable bonds is 5. The third kappa shape index (κ3) is 4.29. The van der Waals surface area contributed by atoms with Crippen molar-refractivity contribution in [2.24, 2.45) is 5.73 Å². The highest BCUT2D eigenvalue weighted by Crippen LogP contribution is 2.17. The summed E-state index contributed by atoms with van der Waals surface area (Å²) in [4.78, 5) is 18.0. The minimum atomic E-state index is -0.122. The molecule has 4 rings (SSSR count). The number of hydrogen-bond donors (Lipinski definition) is 1. The molecular formula is C24H20ClN3O. The van der Waals surface area contributed by atoms with Gasteiger partial charge in [0.15, 0.2) is 0 Å². The quantitative estimate of drug-likeness (QED) is 0.526. The molecular weight excluding hydrogens is 382 g/mol. The monoisotopic (exact) mass is 401 g/mol. The molecule has 0 aliphatic carbocycles. The van der Waals surface area contributed by atoms with E-state index in [1.54, 1.807) is 22.8 Å². The number of nitrogens with two attached hydrogens (primary N) is 1. The van der Waals surface area contributed by atoms with Crippen molar-refractivity contribution in [1.29, 1.82) is 0 Å². The average molecular weight is 402 g/mol. The van der Waals surface area contributed by atoms with E-state index < -0.39 is 0 Å². The normalized spacial score (nSPS) is 11.4. The van der Waals surface area contributed by atoms with Crippen LogP contribution in [0, 0.1) is 0 Å². The van der Waals surface area contributed by atoms with Crippen molar-refractivity contribution in [3.05, 3.63) is 111 Å². The average Bonchev–Trinajstić information content (AvgIpc) is 2.76. The summed E-state index contributed by atoms with van der Waals surface area (Å²) >= 11 is 6.12. The minimum absolute atomic E-state index is 0.122. The van der Waals surface area contributed by atoms with Crippen molar-refractivity contribution in [2.45, 2.75) is 13.1 Å². The molecule has 0 bridgehead atoms. The predicted molar refractivity (Wildman–Crippen MR) is 120 cm³/mol. The van der Waals surface area contributed by atoms with Gasteiger partial charge in [0, 0.05) is 11.6 Å². The van der Waals surface area contributed by atoms with Crippen LogP contribution in [0.2, 0.25) is 5.02 Å². The SMILES string of the molecule is NCc1cccc(Cn2c(/C=C/c3ccccc3)nc3ccc(Cl)cc3c2=O)c1. The van der Waals surface area contributed by atoms with E-state index in [0.29, 0.717) is 34.8 Å². The van der Waals surface area contributed by atoms with E-state index in [1.165, 1.54) is 0 Å². The first-order valence-electron chi connectivity index (χ1n) is 9.35. The standard InChI is InChI=1S/C24H20ClN3O/c25-20-10-11-22-21(14-20)24(29)28(16-19-8-4-7-18(13-19)15-26)23(27-22)12-9-17-5-2-1-3-6-17/h1-14H,15-16,26H2/b12-9+. The Balaban J connectivity index is 1.85. The number of fused-ring (bicyclic) bond motifs is 1. The molecule has 1 heterocycles. The van der Waals surface area contributed by atoms with Crippen LogP contribution in [-0.2, 0) is 13.1 Å². The predicted octanol–water partition coefficient (Wildman–Crippen LogP) is 4.73. The van der Waals surface area contributed by atoms with Gasteiger partial charge >= 0.3 is 0 Å². The van der Waals surface area contributed by atoms with Gasteiger partial charge in [-0.05, 0) is 41.0 Å². The van der Waals surface area contributed by atoms with Crippen molar-refractivity contribution in [1.82, 2.24) is 9.55 Å². The number of benzene rings is 3. The molecule has 3 aromatic carbocycles. The Morgan fingerprint density at radius 3 is 2.52 bits per heavy atom. The van der Waals surface area contributed by atoms with E-state index in [4.69, 9.17) is 22.3 Å². The molecule has 0 saturated heterocycles. The van der Waals surface area contributed by atoms with Crippen molar-refractivity contribution in [2.75, 3.05) is 0 Å². The van der Waals surface area contributed by atoms with Crippen LogP contribution >= 0.6 is 11.6 Å². The van der Waals surface area contributed by atoms with Gasteiger partial charge in [0.25, 0.3) is 5.56 Å². The molecule has 0 atom stereocenters. The first kappa shape index (κ1) is 19.1. The molecule has 0 aliphatic heterocycles. The van der Waals surface area contributed by atoms with E-state index in [9.17, 15) is 4.79 Å². The first-order chi connectivity index (χ1) is 14.1. The van der Waals surface area contributed by atoms with E-state index in [2.05, 4.69) is 0 Å². The topological polar surface area (TPSA) is 60.9 Å². The van der Waals surface area contributed by atoms with E-state index in [0.717, 1.165) is 16.7 Å². The van der Waals surface area contributed by atoms with Gasteiger partial charge in [-0.15, -0.1) is 0 Å². The van der Waals surface area contributed by atoms with E-state index >= 15 is 0 Å². The van der Waals surface area contributed by atoms with Crippen molar-refractivity contribution < 1.29 is 0 Å². The lowest BCUT2D eigenvalue weighted by Crippen LogP contribution is -2.24. The van der Waals surface area contributed by atoms with Gasteiger partial charge in [0.2, 0.25) is 0 Å². The molecule has 0 aliphatic rings. The van der Waals surface area contributed by atoms with Gasteiger partial charge in [0.1, 0.15) is 5.82 Å². The lowest BCUT2D eigenvalue weighted by Gasteiger charge is -2.12. The molecule has 5 heteroatoms. The maximum absolute atomic E-state index is 13.3. The Hall–Kier alpha value is -3.21. The second-order valence-electron chi connectivity index (χ2n) is 6.79. The van der Waals surface area contributed by atoms with Gasteiger partial charge in [0.05, 0.1) is 17.4 Å². The number of halogens is 1. The van der Waals surface area contributed by atoms with Gasteiger partial charge in [-0.3, -0.25) is 9.36 Å². The number of nitrogens with zero attached hydrogens (tertiary/aromatic N) is 2. The second kappa shape index (κ2) is 8.43. The summed E-state index contributed by atoms with van der Waals surface area (Å²) in [6.07, 6.45) is 3.83. The smallest absolute Gasteiger partial charge is 0.261 e. The van der Waals surface area contributed by atoms with Gasteiger partial charge in [-0.25, -0.2) is 4.98 Å². The Morgan fingerprint density at radius 1 is 0.931 bits per heavy atom. The maximum atomic E-state index is 13.3. The number of aromatic nitrogens is 2. The highest BCUT2D eigenvalue weighted by Gasteiger charge is 2.11. The maximum Gasteiger partial charge on any atom is 0.261 e. The van der Waals surface area contributed by atoms with Crippen LogP contribution in [0.4, 0.5) is 0 Å². The summed E-state index contributed by atoms with van der Waals surface area (Å²) in [5.41, 5.74) is 9.32. The zero-order valence-electron chi connectivity index (χ0n) is 15.8. The zero-order valence-corrected chi connectivity index (χ0v) is 16.5. The second-order valence-corrected chi connectivity index (χ2v) is 7.23. The Bertz CT molecular complexity index is 1250. The van der Waals surface area contributed by atoms with Crippen LogP contribution in [-0.4, -0.2) is 9.55 Å². The summed E-state index contributed by atoms with van der Waals surface area (Å²) in [5, 5.41) is 1.02. The lowest BCUT2D eigenvalue weighted by atomic mass is 10.1. The van der Waals surface area contributed by atoms with Gasteiger partial charge < -0.3 is 5.73 Å². The fourth-order valence-corrected chi connectivity index (χ4v) is 3.43. The first-order valence-corrected chi connectivity index (χ1v) is 9.73. The van der Waals surface area contributed by atoms with Crippen LogP contribution < -0.4 is 11.3 Å². The summed E-state index contributed by atoms with van der Waals surface area (Å²) in [6, 6.07) is 23.0. The molecule has 0 unspecified atom stereocenters. The summed E-state index contributed by atoms with van der Waals surface area (Å²) in [5.74, 6) is 0.590. The fraction of sp³-hybridized carbons (Fsp3) is 0.0833. The van der Waals surface area contributed by atoms with Crippen molar-refractivity contribution >= 4 is 34.7 Å². The molecule has 0 amide bonds. The Morgan fingerprint density at radius 2 is 1.72 bits per heavy atom. The van der Waals surface area contributed by atoms with Crippen LogP contribution in [0.25, 0.3) is 23.1 Å². The van der Waals surface area contributed by atoms with Crippen LogP contribution in [0.1, 0.15) is 22.5 Å². The Labute approximate surface area is 173 Å². The van der Waals surface area contributed by atoms with E-state index in [-0.39, 0.29) is 5.56 Å². The van der Waals surface area contributed by atoms with Crippen LogP contribution in [0.5, 0.6) is 0 Å². The van der Waals surface area contributed by atoms with Gasteiger partial charge in [-0.2, -0.15) is 0 Å². The molecule has 1 aromatic heterocycles. The van der Waals surface area contributed by atoms with Crippen LogP contribution in [0.15, 0.2) is 77.6 Å². The molecule has 0 fully saturated rings. The van der Waals surface area contributed by atoms with E-state index in [1.807, 2.05) is 66.7 Å². The molecule has 0 saturated carbocycles. The largest absolute Gasteiger partial charge is 0.326 e. The molecule has 4 aromatic rings. The van der Waals surface area contributed by atoms with Crippen molar-refractivity contribution in [3.63, 3.8) is 0 Å².